The molecule has 0 aliphatic carbocycles. The molecule has 0 aromatic carbocycles. The van der Waals surface area contributed by atoms with Crippen LogP contribution >= 0.6 is 0 Å². The first kappa shape index (κ1) is 13.7. The Balaban J connectivity index is 3.22. The molecule has 0 aliphatic rings. The van der Waals surface area contributed by atoms with Crippen molar-refractivity contribution in [3.8, 4) is 0 Å². The molecule has 0 aliphatic heterocycles. The fourth-order valence-corrected chi connectivity index (χ4v) is 1.88. The first-order chi connectivity index (χ1) is 8.17. The van der Waals surface area contributed by atoms with Crippen LogP contribution < -0.4 is 10.2 Å². The Labute approximate surface area is 104 Å². The average Bonchev–Trinajstić information content (AvgIpc) is 2.35. The first-order valence-corrected chi connectivity index (χ1v) is 6.54. The van der Waals surface area contributed by atoms with Crippen LogP contribution in [0.3, 0.4) is 0 Å². The van der Waals surface area contributed by atoms with E-state index >= 15 is 0 Å². The van der Waals surface area contributed by atoms with Crippen molar-refractivity contribution in [1.82, 2.24) is 9.97 Å². The van der Waals surface area contributed by atoms with Gasteiger partial charge in [0.2, 0.25) is 0 Å². The van der Waals surface area contributed by atoms with Crippen molar-refractivity contribution in [1.29, 1.82) is 0 Å². The molecule has 4 heteroatoms. The molecule has 0 amide bonds. The Morgan fingerprint density at radius 1 is 1.06 bits per heavy atom. The molecule has 0 saturated carbocycles. The van der Waals surface area contributed by atoms with E-state index in [2.05, 4.69) is 54.8 Å². The van der Waals surface area contributed by atoms with Gasteiger partial charge in [-0.2, -0.15) is 0 Å². The third kappa shape index (κ3) is 3.08. The second-order valence-corrected chi connectivity index (χ2v) is 3.99. The van der Waals surface area contributed by atoms with Crippen LogP contribution in [0.25, 0.3) is 0 Å². The summed E-state index contributed by atoms with van der Waals surface area (Å²) < 4.78 is 0. The molecule has 1 N–H and O–H groups in total. The van der Waals surface area contributed by atoms with E-state index in [0.717, 1.165) is 49.1 Å². The maximum absolute atomic E-state index is 4.65. The number of nitrogens with zero attached hydrogens (tertiary/aromatic N) is 3. The van der Waals surface area contributed by atoms with Crippen molar-refractivity contribution in [3.05, 3.63) is 11.4 Å². The van der Waals surface area contributed by atoms with Gasteiger partial charge in [-0.3, -0.25) is 0 Å². The van der Waals surface area contributed by atoms with Crippen molar-refractivity contribution in [2.75, 3.05) is 29.9 Å². The van der Waals surface area contributed by atoms with E-state index in [1.54, 1.807) is 0 Å². The Morgan fingerprint density at radius 2 is 1.71 bits per heavy atom. The van der Waals surface area contributed by atoms with Gasteiger partial charge in [0.15, 0.2) is 0 Å². The molecule has 0 bridgehead atoms. The standard InChI is InChI=1S/C13H24N4/c1-6-11-15-12(14-7-2)10(5)13(16-11)17(8-3)9-4/h6-9H2,1-5H3,(H,14,15,16). The van der Waals surface area contributed by atoms with E-state index in [-0.39, 0.29) is 0 Å². The van der Waals surface area contributed by atoms with E-state index in [1.165, 1.54) is 0 Å². The Bertz CT molecular complexity index is 359. The monoisotopic (exact) mass is 236 g/mol. The van der Waals surface area contributed by atoms with E-state index in [9.17, 15) is 0 Å². The lowest BCUT2D eigenvalue weighted by Gasteiger charge is -2.23. The fraction of sp³-hybridized carbons (Fsp3) is 0.692. The summed E-state index contributed by atoms with van der Waals surface area (Å²) in [6.07, 6.45) is 0.868. The maximum atomic E-state index is 4.65. The van der Waals surface area contributed by atoms with Crippen LogP contribution in [0.4, 0.5) is 11.6 Å². The molecule has 0 unspecified atom stereocenters. The maximum Gasteiger partial charge on any atom is 0.137 e. The molecule has 0 spiro atoms. The summed E-state index contributed by atoms with van der Waals surface area (Å²) in [7, 11) is 0. The van der Waals surface area contributed by atoms with Gasteiger partial charge in [0.25, 0.3) is 0 Å². The van der Waals surface area contributed by atoms with Gasteiger partial charge in [-0.25, -0.2) is 9.97 Å². The number of nitrogens with one attached hydrogen (secondary N) is 1. The van der Waals surface area contributed by atoms with Gasteiger partial charge in [-0.05, 0) is 27.7 Å². The van der Waals surface area contributed by atoms with Gasteiger partial charge in [-0.15, -0.1) is 0 Å². The second kappa shape index (κ2) is 6.42. The lowest BCUT2D eigenvalue weighted by atomic mass is 10.2. The number of hydrogen-bond acceptors (Lipinski definition) is 4. The molecule has 17 heavy (non-hydrogen) atoms. The zero-order chi connectivity index (χ0) is 12.8. The summed E-state index contributed by atoms with van der Waals surface area (Å²) in [5, 5.41) is 3.32. The molecule has 1 rings (SSSR count). The summed E-state index contributed by atoms with van der Waals surface area (Å²) in [4.78, 5) is 11.5. The fourth-order valence-electron chi connectivity index (χ4n) is 1.88. The lowest BCUT2D eigenvalue weighted by Crippen LogP contribution is -2.25. The normalized spacial score (nSPS) is 10.4. The van der Waals surface area contributed by atoms with Gasteiger partial charge >= 0.3 is 0 Å². The van der Waals surface area contributed by atoms with Crippen molar-refractivity contribution in [2.24, 2.45) is 0 Å². The van der Waals surface area contributed by atoms with Gasteiger partial charge in [-0.1, -0.05) is 6.92 Å². The third-order valence-corrected chi connectivity index (χ3v) is 2.89. The van der Waals surface area contributed by atoms with Gasteiger partial charge in [0.1, 0.15) is 17.5 Å². The zero-order valence-corrected chi connectivity index (χ0v) is 11.7. The Hall–Kier alpha value is -1.32. The average molecular weight is 236 g/mol. The molecule has 1 aromatic heterocycles. The smallest absolute Gasteiger partial charge is 0.137 e. The number of hydrogen-bond donors (Lipinski definition) is 1. The predicted octanol–water partition coefficient (Wildman–Crippen LogP) is 2.63. The highest BCUT2D eigenvalue weighted by atomic mass is 15.2. The molecular weight excluding hydrogens is 212 g/mol. The van der Waals surface area contributed by atoms with Crippen LogP contribution in [-0.2, 0) is 6.42 Å². The summed E-state index contributed by atoms with van der Waals surface area (Å²) in [5.41, 5.74) is 1.15. The molecule has 0 fully saturated rings. The SMILES string of the molecule is CCNc1nc(CC)nc(N(CC)CC)c1C. The van der Waals surface area contributed by atoms with Crippen molar-refractivity contribution >= 4 is 11.6 Å². The van der Waals surface area contributed by atoms with Crippen molar-refractivity contribution < 1.29 is 0 Å². The van der Waals surface area contributed by atoms with Crippen LogP contribution in [0.1, 0.15) is 39.1 Å². The van der Waals surface area contributed by atoms with Crippen LogP contribution in [-0.4, -0.2) is 29.6 Å². The summed E-state index contributed by atoms with van der Waals surface area (Å²) in [6.45, 7) is 13.4. The first-order valence-electron chi connectivity index (χ1n) is 6.54. The van der Waals surface area contributed by atoms with Crippen LogP contribution in [0, 0.1) is 6.92 Å². The van der Waals surface area contributed by atoms with E-state index < -0.39 is 0 Å². The van der Waals surface area contributed by atoms with E-state index in [4.69, 9.17) is 0 Å². The minimum absolute atomic E-state index is 0.868. The van der Waals surface area contributed by atoms with Crippen LogP contribution in [0.5, 0.6) is 0 Å². The molecule has 96 valence electrons. The Kier molecular flexibility index (Phi) is 5.19. The number of aryl methyl sites for hydroxylation is 1. The second-order valence-electron chi connectivity index (χ2n) is 3.99. The van der Waals surface area contributed by atoms with Crippen molar-refractivity contribution in [3.63, 3.8) is 0 Å². The summed E-state index contributed by atoms with van der Waals surface area (Å²) >= 11 is 0. The van der Waals surface area contributed by atoms with Gasteiger partial charge in [0, 0.05) is 31.6 Å². The molecule has 1 heterocycles. The quantitative estimate of drug-likeness (QED) is 0.824. The summed E-state index contributed by atoms with van der Waals surface area (Å²) in [5.74, 6) is 2.95. The van der Waals surface area contributed by atoms with Crippen LogP contribution in [0.15, 0.2) is 0 Å². The minimum Gasteiger partial charge on any atom is -0.370 e. The highest BCUT2D eigenvalue weighted by Crippen LogP contribution is 2.23. The molecule has 0 atom stereocenters. The predicted molar refractivity (Wildman–Crippen MR) is 73.9 cm³/mol. The lowest BCUT2D eigenvalue weighted by molar-refractivity contribution is 0.815. The van der Waals surface area contributed by atoms with Gasteiger partial charge < -0.3 is 10.2 Å². The number of anilines is 2. The largest absolute Gasteiger partial charge is 0.370 e. The topological polar surface area (TPSA) is 41.1 Å². The van der Waals surface area contributed by atoms with E-state index in [1.807, 2.05) is 0 Å². The zero-order valence-electron chi connectivity index (χ0n) is 11.7. The third-order valence-electron chi connectivity index (χ3n) is 2.89. The van der Waals surface area contributed by atoms with Crippen LogP contribution in [0.2, 0.25) is 0 Å². The highest BCUT2D eigenvalue weighted by molar-refractivity contribution is 5.58. The van der Waals surface area contributed by atoms with Crippen molar-refractivity contribution in [2.45, 2.75) is 41.0 Å². The number of aromatic nitrogens is 2. The summed E-state index contributed by atoms with van der Waals surface area (Å²) in [6, 6.07) is 0. The number of rotatable bonds is 6. The molecule has 4 nitrogen and oxygen atoms in total. The molecule has 0 saturated heterocycles. The minimum atomic E-state index is 0.868. The van der Waals surface area contributed by atoms with Gasteiger partial charge in [0.05, 0.1) is 0 Å². The highest BCUT2D eigenvalue weighted by Gasteiger charge is 2.13. The molecule has 1 aromatic rings. The molecular formula is C13H24N4. The molecule has 0 radical (unpaired) electrons. The van der Waals surface area contributed by atoms with E-state index in [0.29, 0.717) is 0 Å². The Morgan fingerprint density at radius 3 is 2.18 bits per heavy atom.